The molecule has 2 aromatic rings. The van der Waals surface area contributed by atoms with Gasteiger partial charge in [0.2, 0.25) is 0 Å². The molecular formula is C14H18ClN3OS. The Bertz CT molecular complexity index is 529. The fourth-order valence-corrected chi connectivity index (χ4v) is 2.98. The highest BCUT2D eigenvalue weighted by Crippen LogP contribution is 2.20. The highest BCUT2D eigenvalue weighted by Gasteiger charge is 2.09. The maximum Gasteiger partial charge on any atom is 0.183 e. The number of nitrogens with two attached hydrogens (primary N) is 1. The molecular weight excluding hydrogens is 294 g/mol. The number of rotatable bonds is 7. The second-order valence-electron chi connectivity index (χ2n) is 4.43. The highest BCUT2D eigenvalue weighted by molar-refractivity contribution is 7.15. The van der Waals surface area contributed by atoms with E-state index in [0.29, 0.717) is 11.0 Å². The van der Waals surface area contributed by atoms with Crippen molar-refractivity contribution in [3.05, 3.63) is 45.4 Å². The van der Waals surface area contributed by atoms with Crippen molar-refractivity contribution in [2.24, 2.45) is 5.73 Å². The summed E-state index contributed by atoms with van der Waals surface area (Å²) in [7, 11) is 1.67. The number of hydrogen-bond donors (Lipinski definition) is 1. The van der Waals surface area contributed by atoms with Crippen LogP contribution in [0.5, 0.6) is 5.75 Å². The summed E-state index contributed by atoms with van der Waals surface area (Å²) in [5, 5.41) is 0. The molecule has 0 fully saturated rings. The minimum atomic E-state index is 0.581. The molecule has 0 atom stereocenters. The van der Waals surface area contributed by atoms with E-state index in [1.54, 1.807) is 7.11 Å². The lowest BCUT2D eigenvalue weighted by molar-refractivity contribution is 0.266. The van der Waals surface area contributed by atoms with Crippen molar-refractivity contribution in [3.63, 3.8) is 0 Å². The zero-order valence-corrected chi connectivity index (χ0v) is 13.0. The summed E-state index contributed by atoms with van der Waals surface area (Å²) in [4.78, 5) is 7.50. The molecule has 2 N–H and O–H groups in total. The Morgan fingerprint density at radius 1 is 1.30 bits per heavy atom. The Hall–Kier alpha value is -1.14. The van der Waals surface area contributed by atoms with Gasteiger partial charge in [-0.05, 0) is 17.7 Å². The van der Waals surface area contributed by atoms with Gasteiger partial charge < -0.3 is 10.5 Å². The average Bonchev–Trinajstić information content (AvgIpc) is 2.85. The number of nitrogens with zero attached hydrogens (tertiary/aromatic N) is 2. The molecule has 0 unspecified atom stereocenters. The molecule has 108 valence electrons. The zero-order valence-electron chi connectivity index (χ0n) is 11.4. The van der Waals surface area contributed by atoms with Gasteiger partial charge in [0, 0.05) is 37.3 Å². The molecule has 4 nitrogen and oxygen atoms in total. The molecule has 1 aromatic heterocycles. The molecule has 0 aliphatic rings. The van der Waals surface area contributed by atoms with Crippen molar-refractivity contribution in [2.45, 2.75) is 13.1 Å². The number of halogens is 1. The normalized spacial score (nSPS) is 11.0. The molecule has 6 heteroatoms. The van der Waals surface area contributed by atoms with E-state index in [2.05, 4.69) is 22.0 Å². The Kier molecular flexibility index (Phi) is 5.79. The third-order valence-electron chi connectivity index (χ3n) is 2.92. The molecule has 0 spiro atoms. The molecule has 2 rings (SSSR count). The first-order chi connectivity index (χ1) is 9.71. The predicted molar refractivity (Wildman–Crippen MR) is 83.3 cm³/mol. The van der Waals surface area contributed by atoms with Gasteiger partial charge in [0.1, 0.15) is 5.75 Å². The van der Waals surface area contributed by atoms with Gasteiger partial charge in [-0.1, -0.05) is 23.7 Å². The van der Waals surface area contributed by atoms with Crippen molar-refractivity contribution in [2.75, 3.05) is 20.2 Å². The Balaban J connectivity index is 2.00. The SMILES string of the molecule is COc1ccc(CN(CCN)Cc2cnc(Cl)s2)cc1. The predicted octanol–water partition coefficient (Wildman–Crippen LogP) is 2.77. The third-order valence-corrected chi connectivity index (χ3v) is 4.01. The summed E-state index contributed by atoms with van der Waals surface area (Å²) in [5.41, 5.74) is 6.92. The van der Waals surface area contributed by atoms with Gasteiger partial charge in [0.05, 0.1) is 7.11 Å². The second-order valence-corrected chi connectivity index (χ2v) is 6.12. The monoisotopic (exact) mass is 311 g/mol. The molecule has 20 heavy (non-hydrogen) atoms. The number of methoxy groups -OCH3 is 1. The number of ether oxygens (including phenoxy) is 1. The number of aromatic nitrogens is 1. The fourth-order valence-electron chi connectivity index (χ4n) is 1.96. The van der Waals surface area contributed by atoms with Crippen molar-refractivity contribution < 1.29 is 4.74 Å². The fraction of sp³-hybridized carbons (Fsp3) is 0.357. The van der Waals surface area contributed by atoms with Gasteiger partial charge >= 0.3 is 0 Å². The number of thiazole rings is 1. The van der Waals surface area contributed by atoms with Gasteiger partial charge in [-0.3, -0.25) is 4.90 Å². The van der Waals surface area contributed by atoms with Gasteiger partial charge in [-0.25, -0.2) is 4.98 Å². The van der Waals surface area contributed by atoms with E-state index in [0.717, 1.165) is 30.3 Å². The summed E-state index contributed by atoms with van der Waals surface area (Å²) >= 11 is 7.38. The van der Waals surface area contributed by atoms with Crippen LogP contribution >= 0.6 is 22.9 Å². The van der Waals surface area contributed by atoms with E-state index >= 15 is 0 Å². The molecule has 0 radical (unpaired) electrons. The van der Waals surface area contributed by atoms with E-state index in [-0.39, 0.29) is 0 Å². The molecule has 0 bridgehead atoms. The van der Waals surface area contributed by atoms with E-state index in [9.17, 15) is 0 Å². The summed E-state index contributed by atoms with van der Waals surface area (Å²) in [6, 6.07) is 8.09. The van der Waals surface area contributed by atoms with Gasteiger partial charge in [-0.2, -0.15) is 0 Å². The maximum absolute atomic E-state index is 5.86. The first-order valence-corrected chi connectivity index (χ1v) is 7.56. The second kappa shape index (κ2) is 7.59. The van der Waals surface area contributed by atoms with Crippen LogP contribution in [0.3, 0.4) is 0 Å². The van der Waals surface area contributed by atoms with Gasteiger partial charge in [0.25, 0.3) is 0 Å². The van der Waals surface area contributed by atoms with Crippen LogP contribution in [0.1, 0.15) is 10.4 Å². The van der Waals surface area contributed by atoms with Crippen molar-refractivity contribution in [3.8, 4) is 5.75 Å². The molecule has 0 saturated heterocycles. The lowest BCUT2D eigenvalue weighted by Gasteiger charge is -2.20. The number of benzene rings is 1. The molecule has 0 amide bonds. The van der Waals surface area contributed by atoms with Crippen LogP contribution < -0.4 is 10.5 Å². The first kappa shape index (κ1) is 15.3. The van der Waals surface area contributed by atoms with Crippen LogP contribution in [0.15, 0.2) is 30.5 Å². The summed E-state index contributed by atoms with van der Waals surface area (Å²) < 4.78 is 5.75. The largest absolute Gasteiger partial charge is 0.497 e. The minimum absolute atomic E-state index is 0.581. The molecule has 1 aromatic carbocycles. The first-order valence-electron chi connectivity index (χ1n) is 6.37. The van der Waals surface area contributed by atoms with Crippen molar-refractivity contribution in [1.29, 1.82) is 0 Å². The van der Waals surface area contributed by atoms with Crippen molar-refractivity contribution in [1.82, 2.24) is 9.88 Å². The maximum atomic E-state index is 5.86. The van der Waals surface area contributed by atoms with Gasteiger partial charge in [0.15, 0.2) is 4.47 Å². The quantitative estimate of drug-likeness (QED) is 0.854. The Labute approximate surface area is 128 Å². The summed E-state index contributed by atoms with van der Waals surface area (Å²) in [6.07, 6.45) is 1.82. The Morgan fingerprint density at radius 2 is 2.05 bits per heavy atom. The van der Waals surface area contributed by atoms with Gasteiger partial charge in [-0.15, -0.1) is 11.3 Å². The van der Waals surface area contributed by atoms with Crippen LogP contribution in [0, 0.1) is 0 Å². The third kappa shape index (κ3) is 4.45. The topological polar surface area (TPSA) is 51.4 Å². The smallest absolute Gasteiger partial charge is 0.183 e. The van der Waals surface area contributed by atoms with Crippen LogP contribution in [-0.2, 0) is 13.1 Å². The van der Waals surface area contributed by atoms with Crippen molar-refractivity contribution >= 4 is 22.9 Å². The highest BCUT2D eigenvalue weighted by atomic mass is 35.5. The standard InChI is InChI=1S/C14H18ClN3OS/c1-19-12-4-2-11(3-5-12)9-18(7-6-16)10-13-8-17-14(15)20-13/h2-5,8H,6-7,9-10,16H2,1H3. The van der Waals surface area contributed by atoms with E-state index in [4.69, 9.17) is 22.1 Å². The van der Waals surface area contributed by atoms with Crippen LogP contribution in [-0.4, -0.2) is 30.1 Å². The lowest BCUT2D eigenvalue weighted by Crippen LogP contribution is -2.28. The summed E-state index contributed by atoms with van der Waals surface area (Å²) in [6.45, 7) is 3.12. The lowest BCUT2D eigenvalue weighted by atomic mass is 10.2. The molecule has 0 aliphatic heterocycles. The van der Waals surface area contributed by atoms with E-state index in [1.807, 2.05) is 18.3 Å². The molecule has 1 heterocycles. The van der Waals surface area contributed by atoms with Crippen LogP contribution in [0.25, 0.3) is 0 Å². The molecule has 0 saturated carbocycles. The van der Waals surface area contributed by atoms with E-state index in [1.165, 1.54) is 16.9 Å². The number of hydrogen-bond acceptors (Lipinski definition) is 5. The zero-order chi connectivity index (χ0) is 14.4. The molecule has 0 aliphatic carbocycles. The average molecular weight is 312 g/mol. The van der Waals surface area contributed by atoms with Crippen LogP contribution in [0.4, 0.5) is 0 Å². The van der Waals surface area contributed by atoms with Crippen LogP contribution in [0.2, 0.25) is 4.47 Å². The Morgan fingerprint density at radius 3 is 2.60 bits per heavy atom. The minimum Gasteiger partial charge on any atom is -0.497 e. The van der Waals surface area contributed by atoms with E-state index < -0.39 is 0 Å². The summed E-state index contributed by atoms with van der Waals surface area (Å²) in [5.74, 6) is 0.869.